The molecular weight excluding hydrogens is 538 g/mol. The minimum Gasteiger partial charge on any atom is -0.486 e. The Hall–Kier alpha value is -2.24. The summed E-state index contributed by atoms with van der Waals surface area (Å²) < 4.78 is 17.6. The number of fused-ring (bicyclic) bond motifs is 8. The van der Waals surface area contributed by atoms with E-state index in [2.05, 4.69) is 39.1 Å². The van der Waals surface area contributed by atoms with Gasteiger partial charge in [0.1, 0.15) is 19.3 Å². The lowest BCUT2D eigenvalue weighted by atomic mass is 9.36. The maximum Gasteiger partial charge on any atom is 0.302 e. The number of carbonyl (C=O) groups excluding carboxylic acids is 2. The van der Waals surface area contributed by atoms with Crippen molar-refractivity contribution in [3.63, 3.8) is 0 Å². The first kappa shape index (κ1) is 29.5. The summed E-state index contributed by atoms with van der Waals surface area (Å²) in [4.78, 5) is 26.1. The molecule has 1 aromatic rings. The van der Waals surface area contributed by atoms with Gasteiger partial charge in [0.25, 0.3) is 0 Å². The first-order valence-corrected chi connectivity index (χ1v) is 17.3. The molecule has 5 saturated carbocycles. The topological polar surface area (TPSA) is 73.9 Å². The van der Waals surface area contributed by atoms with Crippen molar-refractivity contribution in [2.75, 3.05) is 13.2 Å². The fourth-order valence-corrected chi connectivity index (χ4v) is 12.6. The molecule has 1 amide bonds. The van der Waals surface area contributed by atoms with Crippen molar-refractivity contribution in [2.24, 2.45) is 51.2 Å². The van der Waals surface area contributed by atoms with Gasteiger partial charge in [0.15, 0.2) is 11.5 Å². The lowest BCUT2D eigenvalue weighted by molar-refractivity contribution is -0.220. The van der Waals surface area contributed by atoms with Gasteiger partial charge in [0.05, 0.1) is 5.41 Å². The van der Waals surface area contributed by atoms with E-state index in [1.807, 2.05) is 12.1 Å². The standard InChI is InChI=1S/C37H53NO5/c1-23(39)43-31-15-18-36(5)29(34(31,2)3)14-17-35(4)26-13-19-37(16-7-9-27(37)25(26)11-12-30(35)36)33(40)38-22-24-8-6-10-28-32(24)42-21-20-41-28/h6,8,10,25-27,29-31H,7,9,11-22H2,1-5H3,(H,38,40). The van der Waals surface area contributed by atoms with E-state index in [-0.39, 0.29) is 34.2 Å². The monoisotopic (exact) mass is 591 g/mol. The van der Waals surface area contributed by atoms with Crippen molar-refractivity contribution in [3.05, 3.63) is 23.8 Å². The largest absolute Gasteiger partial charge is 0.486 e. The molecule has 6 heteroatoms. The van der Waals surface area contributed by atoms with Crippen LogP contribution in [0.5, 0.6) is 11.5 Å². The number of benzene rings is 1. The predicted octanol–water partition coefficient (Wildman–Crippen LogP) is 7.47. The van der Waals surface area contributed by atoms with Crippen LogP contribution in [-0.4, -0.2) is 31.2 Å². The molecule has 9 unspecified atom stereocenters. The first-order valence-electron chi connectivity index (χ1n) is 17.3. The smallest absolute Gasteiger partial charge is 0.302 e. The van der Waals surface area contributed by atoms with E-state index in [1.54, 1.807) is 6.92 Å². The van der Waals surface area contributed by atoms with Crippen LogP contribution in [-0.2, 0) is 20.9 Å². The Kier molecular flexibility index (Phi) is 7.13. The van der Waals surface area contributed by atoms with Gasteiger partial charge in [0, 0.05) is 24.4 Å². The highest BCUT2D eigenvalue weighted by Crippen LogP contribution is 2.73. The molecule has 0 bridgehead atoms. The SMILES string of the molecule is CC(=O)OC1CCC2(C)C(CCC3(C)C4CCC5(C(=O)NCc6cccc7c6OCCO7)CCCC5C4CCC32)C1(C)C. The number of nitrogens with one attached hydrogen (secondary N) is 1. The van der Waals surface area contributed by atoms with E-state index in [4.69, 9.17) is 14.2 Å². The number of para-hydroxylation sites is 1. The summed E-state index contributed by atoms with van der Waals surface area (Å²) in [5.74, 6) is 4.83. The summed E-state index contributed by atoms with van der Waals surface area (Å²) in [6.07, 6.45) is 12.8. The molecule has 0 saturated heterocycles. The maximum atomic E-state index is 14.2. The van der Waals surface area contributed by atoms with Gasteiger partial charge in [-0.1, -0.05) is 46.2 Å². The number of hydrogen-bond acceptors (Lipinski definition) is 5. The summed E-state index contributed by atoms with van der Waals surface area (Å²) in [6, 6.07) is 5.99. The van der Waals surface area contributed by atoms with Gasteiger partial charge in [-0.3, -0.25) is 9.59 Å². The summed E-state index contributed by atoms with van der Waals surface area (Å²) in [6.45, 7) is 13.2. The van der Waals surface area contributed by atoms with Gasteiger partial charge in [0.2, 0.25) is 5.91 Å². The van der Waals surface area contributed by atoms with E-state index in [0.29, 0.717) is 54.8 Å². The van der Waals surface area contributed by atoms with Crippen LogP contribution in [0.1, 0.15) is 111 Å². The van der Waals surface area contributed by atoms with Gasteiger partial charge in [-0.05, 0) is 111 Å². The number of esters is 1. The molecule has 43 heavy (non-hydrogen) atoms. The number of carbonyl (C=O) groups is 2. The average Bonchev–Trinajstić information content (AvgIpc) is 3.43. The second kappa shape index (κ2) is 10.4. The fourth-order valence-electron chi connectivity index (χ4n) is 12.6. The van der Waals surface area contributed by atoms with Crippen molar-refractivity contribution in [1.29, 1.82) is 0 Å². The van der Waals surface area contributed by atoms with Crippen LogP contribution in [0.4, 0.5) is 0 Å². The van der Waals surface area contributed by atoms with Crippen LogP contribution in [0.2, 0.25) is 0 Å². The van der Waals surface area contributed by atoms with Gasteiger partial charge in [-0.15, -0.1) is 0 Å². The molecule has 1 aromatic carbocycles. The van der Waals surface area contributed by atoms with Gasteiger partial charge in [-0.2, -0.15) is 0 Å². The Bertz CT molecular complexity index is 1280. The van der Waals surface area contributed by atoms with Crippen LogP contribution < -0.4 is 14.8 Å². The average molecular weight is 592 g/mol. The van der Waals surface area contributed by atoms with Crippen molar-refractivity contribution in [3.8, 4) is 11.5 Å². The summed E-state index contributed by atoms with van der Waals surface area (Å²) in [5, 5.41) is 3.40. The third-order valence-corrected chi connectivity index (χ3v) is 14.3. The van der Waals surface area contributed by atoms with Crippen LogP contribution >= 0.6 is 0 Å². The summed E-state index contributed by atoms with van der Waals surface area (Å²) in [5.41, 5.74) is 1.39. The summed E-state index contributed by atoms with van der Waals surface area (Å²) >= 11 is 0. The number of amides is 1. The number of hydrogen-bond donors (Lipinski definition) is 1. The Morgan fingerprint density at radius 2 is 1.65 bits per heavy atom. The molecule has 9 atom stereocenters. The zero-order chi connectivity index (χ0) is 30.2. The van der Waals surface area contributed by atoms with Gasteiger partial charge in [-0.25, -0.2) is 0 Å². The van der Waals surface area contributed by atoms with Crippen LogP contribution in [0.3, 0.4) is 0 Å². The van der Waals surface area contributed by atoms with E-state index in [1.165, 1.54) is 44.9 Å². The molecule has 1 heterocycles. The molecule has 1 aliphatic heterocycles. The van der Waals surface area contributed by atoms with Gasteiger partial charge >= 0.3 is 5.97 Å². The zero-order valence-electron chi connectivity index (χ0n) is 27.1. The molecule has 0 spiro atoms. The molecule has 0 aromatic heterocycles. The Balaban J connectivity index is 1.09. The highest BCUT2D eigenvalue weighted by Gasteiger charge is 2.67. The van der Waals surface area contributed by atoms with E-state index in [9.17, 15) is 9.59 Å². The second-order valence-electron chi connectivity index (χ2n) is 16.3. The van der Waals surface area contributed by atoms with Gasteiger partial charge < -0.3 is 19.5 Å². The van der Waals surface area contributed by atoms with E-state index >= 15 is 0 Å². The molecule has 236 valence electrons. The minimum atomic E-state index is -0.220. The Morgan fingerprint density at radius 3 is 2.47 bits per heavy atom. The van der Waals surface area contributed by atoms with Crippen LogP contribution in [0.15, 0.2) is 18.2 Å². The summed E-state index contributed by atoms with van der Waals surface area (Å²) in [7, 11) is 0. The molecule has 6 aliphatic rings. The van der Waals surface area contributed by atoms with Crippen LogP contribution in [0.25, 0.3) is 0 Å². The molecule has 5 aliphatic carbocycles. The first-order chi connectivity index (χ1) is 20.5. The zero-order valence-corrected chi connectivity index (χ0v) is 27.1. The lowest BCUT2D eigenvalue weighted by Gasteiger charge is -2.69. The molecule has 6 nitrogen and oxygen atoms in total. The van der Waals surface area contributed by atoms with Crippen molar-refractivity contribution >= 4 is 11.9 Å². The molecule has 1 N–H and O–H groups in total. The Morgan fingerprint density at radius 1 is 0.860 bits per heavy atom. The highest BCUT2D eigenvalue weighted by molar-refractivity contribution is 5.83. The van der Waals surface area contributed by atoms with Crippen LogP contribution in [0, 0.1) is 51.2 Å². The third kappa shape index (κ3) is 4.38. The fraction of sp³-hybridized carbons (Fsp3) is 0.784. The number of ether oxygens (including phenoxy) is 3. The van der Waals surface area contributed by atoms with Crippen molar-refractivity contribution < 1.29 is 23.8 Å². The molecule has 5 fully saturated rings. The minimum absolute atomic E-state index is 0.00270. The number of rotatable bonds is 4. The van der Waals surface area contributed by atoms with E-state index in [0.717, 1.165) is 42.7 Å². The molecule has 7 rings (SSSR count). The second-order valence-corrected chi connectivity index (χ2v) is 16.3. The maximum absolute atomic E-state index is 14.2. The normalized spacial score (nSPS) is 42.4. The van der Waals surface area contributed by atoms with E-state index < -0.39 is 0 Å². The molecular formula is C37H53NO5. The van der Waals surface area contributed by atoms with Crippen molar-refractivity contribution in [1.82, 2.24) is 5.32 Å². The molecule has 0 radical (unpaired) electrons. The Labute approximate surface area is 258 Å². The third-order valence-electron chi connectivity index (χ3n) is 14.3. The lowest BCUT2D eigenvalue weighted by Crippen LogP contribution is -2.64. The predicted molar refractivity (Wildman–Crippen MR) is 165 cm³/mol. The highest BCUT2D eigenvalue weighted by atomic mass is 16.6. The quantitative estimate of drug-likeness (QED) is 0.368. The van der Waals surface area contributed by atoms with Crippen molar-refractivity contribution in [2.45, 2.75) is 118 Å².